The summed E-state index contributed by atoms with van der Waals surface area (Å²) in [7, 11) is -1.97. The van der Waals surface area contributed by atoms with Gasteiger partial charge in [-0.3, -0.25) is 0 Å². The molecule has 2 aliphatic carbocycles. The Bertz CT molecular complexity index is 1590. The van der Waals surface area contributed by atoms with Gasteiger partial charge in [0.1, 0.15) is 12.3 Å². The Kier molecular flexibility index (Phi) is 10.4. The highest BCUT2D eigenvalue weighted by atomic mass is 32.2. The summed E-state index contributed by atoms with van der Waals surface area (Å²) in [6.07, 6.45) is 12.3. The number of allylic oxidation sites excluding steroid dienone is 2. The topological polar surface area (TPSA) is 83.1 Å². The molecule has 0 aromatic heterocycles. The largest absolute Gasteiger partial charge is 0.495 e. The van der Waals surface area contributed by atoms with E-state index < -0.39 is 28.6 Å². The molecule has 6 rings (SSSR count). The highest BCUT2D eigenvalue weighted by molar-refractivity contribution is 7.90. The summed E-state index contributed by atoms with van der Waals surface area (Å²) in [4.78, 5) is 4.19. The van der Waals surface area contributed by atoms with Crippen LogP contribution in [0.2, 0.25) is 0 Å². The molecule has 3 aliphatic heterocycles. The molecular formula is C36H47F3N4O4S. The zero-order chi connectivity index (χ0) is 33.9. The Morgan fingerprint density at radius 3 is 2.48 bits per heavy atom. The number of halogens is 3. The number of ether oxygens (including phenoxy) is 2. The third-order valence-corrected chi connectivity index (χ3v) is 11.9. The lowest BCUT2D eigenvalue weighted by molar-refractivity contribution is -0.143. The smallest absolute Gasteiger partial charge is 0.405 e. The van der Waals surface area contributed by atoms with Gasteiger partial charge >= 0.3 is 6.18 Å². The lowest BCUT2D eigenvalue weighted by Gasteiger charge is -2.47. The van der Waals surface area contributed by atoms with Crippen LogP contribution in [-0.2, 0) is 14.6 Å². The van der Waals surface area contributed by atoms with Crippen LogP contribution >= 0.6 is 0 Å². The van der Waals surface area contributed by atoms with Crippen LogP contribution in [0.5, 0.6) is 5.75 Å². The predicted octanol–water partition coefficient (Wildman–Crippen LogP) is 5.65. The number of benzene rings is 1. The summed E-state index contributed by atoms with van der Waals surface area (Å²) in [6.45, 7) is 3.20. The second-order valence-electron chi connectivity index (χ2n) is 13.9. The molecule has 262 valence electrons. The van der Waals surface area contributed by atoms with Crippen LogP contribution in [0.4, 0.5) is 18.9 Å². The number of fused-ring (bicyclic) bond motifs is 1. The standard InChI is InChI=1S/C36H47F3N4O4S/c1-46-34-24-29(48(2,44)45)12-13-32(34)40-18-4-5-28-23-30-31(6-3-7-33(30)43(28)25-36(37,38)39)41-26-8-10-27(11-9-26)42-19-14-35(15-20-42)16-21-47-22-17-35/h3,6,12-13,23-24,26-27,33,40-41H,7-11,14-22,25H2,1-2H3. The summed E-state index contributed by atoms with van der Waals surface area (Å²) in [5.74, 6) is 6.28. The molecule has 0 amide bonds. The molecule has 48 heavy (non-hydrogen) atoms. The fraction of sp³-hybridized carbons (Fsp3) is 0.611. The quantitative estimate of drug-likeness (QED) is 0.340. The summed E-state index contributed by atoms with van der Waals surface area (Å²) in [5.41, 5.74) is 3.12. The SMILES string of the molecule is COc1cc(S(C)(=O)=O)ccc1NCC#CC1=CC2=C(NC3CCC(N4CCC5(CCOCC5)CC4)CC3)C=CCC2N1CC(F)(F)F. The maximum absolute atomic E-state index is 13.8. The number of piperidine rings is 1. The fourth-order valence-corrected chi connectivity index (χ4v) is 8.64. The Hall–Kier alpha value is -3.14. The molecule has 1 aromatic rings. The lowest BCUT2D eigenvalue weighted by atomic mass is 9.72. The Balaban J connectivity index is 1.10. The van der Waals surface area contributed by atoms with Crippen molar-refractivity contribution in [2.24, 2.45) is 5.41 Å². The molecule has 1 saturated carbocycles. The van der Waals surface area contributed by atoms with E-state index in [0.717, 1.165) is 56.4 Å². The zero-order valence-electron chi connectivity index (χ0n) is 27.9. The molecule has 2 N–H and O–H groups in total. The van der Waals surface area contributed by atoms with Crippen LogP contribution in [0, 0.1) is 17.3 Å². The number of nitrogens with one attached hydrogen (secondary N) is 2. The van der Waals surface area contributed by atoms with Gasteiger partial charge in [0.15, 0.2) is 9.84 Å². The van der Waals surface area contributed by atoms with Gasteiger partial charge in [-0.05, 0) is 106 Å². The molecule has 5 aliphatic rings. The van der Waals surface area contributed by atoms with Crippen molar-refractivity contribution < 1.29 is 31.1 Å². The molecule has 3 fully saturated rings. The van der Waals surface area contributed by atoms with E-state index in [1.165, 1.54) is 62.9 Å². The van der Waals surface area contributed by atoms with Crippen molar-refractivity contribution >= 4 is 15.5 Å². The third-order valence-electron chi connectivity index (χ3n) is 10.8. The maximum Gasteiger partial charge on any atom is 0.405 e. The minimum atomic E-state index is -4.38. The van der Waals surface area contributed by atoms with Crippen LogP contribution in [0.3, 0.4) is 0 Å². The maximum atomic E-state index is 13.8. The van der Waals surface area contributed by atoms with Gasteiger partial charge in [0.2, 0.25) is 0 Å². The Morgan fingerprint density at radius 1 is 1.08 bits per heavy atom. The average Bonchev–Trinajstić information content (AvgIpc) is 3.40. The van der Waals surface area contributed by atoms with E-state index >= 15 is 0 Å². The van der Waals surface area contributed by atoms with Crippen LogP contribution < -0.4 is 15.4 Å². The summed E-state index contributed by atoms with van der Waals surface area (Å²) >= 11 is 0. The first-order chi connectivity index (χ1) is 22.9. The van der Waals surface area contributed by atoms with Crippen molar-refractivity contribution in [1.82, 2.24) is 15.1 Å². The molecule has 0 radical (unpaired) electrons. The fourth-order valence-electron chi connectivity index (χ4n) is 8.01. The van der Waals surface area contributed by atoms with E-state index in [4.69, 9.17) is 9.47 Å². The highest BCUT2D eigenvalue weighted by Gasteiger charge is 2.41. The van der Waals surface area contributed by atoms with E-state index in [1.54, 1.807) is 6.07 Å². The molecule has 1 atom stereocenters. The number of nitrogens with zero attached hydrogens (tertiary/aromatic N) is 2. The van der Waals surface area contributed by atoms with Gasteiger partial charge in [-0.25, -0.2) is 8.42 Å². The van der Waals surface area contributed by atoms with Gasteiger partial charge in [0, 0.05) is 48.9 Å². The van der Waals surface area contributed by atoms with E-state index in [9.17, 15) is 21.6 Å². The molecule has 8 nitrogen and oxygen atoms in total. The van der Waals surface area contributed by atoms with Gasteiger partial charge in [-0.2, -0.15) is 13.2 Å². The number of likely N-dealkylation sites (tertiary alicyclic amines) is 1. The minimum Gasteiger partial charge on any atom is -0.495 e. The number of hydrogen-bond acceptors (Lipinski definition) is 8. The second-order valence-corrected chi connectivity index (χ2v) is 15.9. The molecule has 12 heteroatoms. The van der Waals surface area contributed by atoms with Gasteiger partial charge < -0.3 is 29.9 Å². The van der Waals surface area contributed by atoms with Crippen LogP contribution in [0.25, 0.3) is 0 Å². The number of rotatable bonds is 8. The van der Waals surface area contributed by atoms with Crippen molar-refractivity contribution in [3.05, 3.63) is 53.4 Å². The first kappa shape index (κ1) is 34.7. The van der Waals surface area contributed by atoms with Crippen LogP contribution in [0.15, 0.2) is 58.3 Å². The van der Waals surface area contributed by atoms with E-state index in [0.29, 0.717) is 35.0 Å². The molecule has 1 aromatic carbocycles. The number of hydrogen-bond donors (Lipinski definition) is 2. The van der Waals surface area contributed by atoms with Crippen molar-refractivity contribution in [1.29, 1.82) is 0 Å². The molecule has 0 bridgehead atoms. The van der Waals surface area contributed by atoms with Gasteiger partial charge in [0.25, 0.3) is 0 Å². The van der Waals surface area contributed by atoms with Crippen molar-refractivity contribution in [2.75, 3.05) is 58.1 Å². The summed E-state index contributed by atoms with van der Waals surface area (Å²) in [5, 5.41) is 6.80. The Labute approximate surface area is 282 Å². The molecule has 1 unspecified atom stereocenters. The van der Waals surface area contributed by atoms with Gasteiger partial charge in [0.05, 0.1) is 36.0 Å². The highest BCUT2D eigenvalue weighted by Crippen LogP contribution is 2.42. The normalized spacial score (nSPS) is 26.1. The number of methoxy groups -OCH3 is 1. The molecular weight excluding hydrogens is 641 g/mol. The van der Waals surface area contributed by atoms with Crippen LogP contribution in [-0.4, -0.2) is 95.3 Å². The molecule has 2 saturated heterocycles. The first-order valence-corrected chi connectivity index (χ1v) is 19.0. The molecule has 3 heterocycles. The summed E-state index contributed by atoms with van der Waals surface area (Å²) in [6, 6.07) is 4.95. The lowest BCUT2D eigenvalue weighted by Crippen LogP contribution is -2.49. The van der Waals surface area contributed by atoms with E-state index in [-0.39, 0.29) is 17.5 Å². The number of sulfone groups is 1. The van der Waals surface area contributed by atoms with Crippen molar-refractivity contribution in [2.45, 2.75) is 87.0 Å². The Morgan fingerprint density at radius 2 is 1.81 bits per heavy atom. The molecule has 1 spiro atoms. The van der Waals surface area contributed by atoms with Gasteiger partial charge in [-0.1, -0.05) is 12.0 Å². The van der Waals surface area contributed by atoms with E-state index in [2.05, 4.69) is 27.4 Å². The zero-order valence-corrected chi connectivity index (χ0v) is 28.7. The van der Waals surface area contributed by atoms with Gasteiger partial charge in [-0.15, -0.1) is 0 Å². The first-order valence-electron chi connectivity index (χ1n) is 17.1. The van der Waals surface area contributed by atoms with E-state index in [1.807, 2.05) is 18.2 Å². The average molecular weight is 689 g/mol. The number of alkyl halides is 3. The van der Waals surface area contributed by atoms with Crippen molar-refractivity contribution in [3.63, 3.8) is 0 Å². The second kappa shape index (κ2) is 14.4. The van der Waals surface area contributed by atoms with Crippen molar-refractivity contribution in [3.8, 4) is 17.6 Å². The summed E-state index contributed by atoms with van der Waals surface area (Å²) < 4.78 is 76.1. The minimum absolute atomic E-state index is 0.127. The third kappa shape index (κ3) is 8.17. The van der Waals surface area contributed by atoms with Crippen LogP contribution in [0.1, 0.15) is 57.8 Å². The predicted molar refractivity (Wildman–Crippen MR) is 180 cm³/mol. The number of anilines is 1. The monoisotopic (exact) mass is 688 g/mol.